The van der Waals surface area contributed by atoms with Gasteiger partial charge >= 0.3 is 0 Å². The lowest BCUT2D eigenvalue weighted by Crippen LogP contribution is -2.51. The molecule has 0 atom stereocenters. The number of hydrogen-bond donors (Lipinski definition) is 1. The monoisotopic (exact) mass is 164 g/mol. The first-order valence-corrected chi connectivity index (χ1v) is 4.45. The lowest BCUT2D eigenvalue weighted by atomic mass is 9.60. The molecule has 3 rings (SSSR count). The Kier molecular flexibility index (Phi) is 1.17. The lowest BCUT2D eigenvalue weighted by Gasteiger charge is -2.53. The molecule has 2 fully saturated rings. The fraction of sp³-hybridized carbons (Fsp3) is 0.667. The van der Waals surface area contributed by atoms with Crippen LogP contribution in [0.1, 0.15) is 24.5 Å². The predicted octanol–water partition coefficient (Wildman–Crippen LogP) is 1.30. The maximum atomic E-state index is 5.22. The highest BCUT2D eigenvalue weighted by Crippen LogP contribution is 2.54. The molecule has 1 spiro atoms. The van der Waals surface area contributed by atoms with Crippen LogP contribution in [0.2, 0.25) is 0 Å². The van der Waals surface area contributed by atoms with E-state index in [2.05, 4.69) is 16.3 Å². The van der Waals surface area contributed by atoms with Crippen LogP contribution in [0.15, 0.2) is 12.3 Å². The fourth-order valence-electron chi connectivity index (χ4n) is 2.33. The van der Waals surface area contributed by atoms with Crippen LogP contribution in [0, 0.1) is 5.41 Å². The number of aromatic nitrogens is 2. The molecule has 3 heteroatoms. The Morgan fingerprint density at radius 2 is 2.33 bits per heavy atom. The van der Waals surface area contributed by atoms with Crippen molar-refractivity contribution in [3.05, 3.63) is 18.0 Å². The Hall–Kier alpha value is -0.830. The number of aromatic amines is 1. The first kappa shape index (κ1) is 6.66. The number of H-pyrrole nitrogens is 1. The molecule has 1 aromatic rings. The second-order valence-electron chi connectivity index (χ2n) is 4.11. The highest BCUT2D eigenvalue weighted by molar-refractivity contribution is 5.15. The van der Waals surface area contributed by atoms with Gasteiger partial charge in [0.1, 0.15) is 0 Å². The van der Waals surface area contributed by atoms with Gasteiger partial charge in [0.2, 0.25) is 0 Å². The molecule has 0 radical (unpaired) electrons. The third kappa shape index (κ3) is 0.771. The van der Waals surface area contributed by atoms with Gasteiger partial charge in [-0.2, -0.15) is 5.10 Å². The van der Waals surface area contributed by atoms with Crippen molar-refractivity contribution < 1.29 is 4.74 Å². The van der Waals surface area contributed by atoms with Gasteiger partial charge in [0.25, 0.3) is 0 Å². The summed E-state index contributed by atoms with van der Waals surface area (Å²) < 4.78 is 5.22. The van der Waals surface area contributed by atoms with Gasteiger partial charge in [0.15, 0.2) is 0 Å². The standard InChI is InChI=1S/C9H12N2O/c1-2-10-11-8(1)7-3-9(4-7)5-12-6-9/h1-2,7H,3-6H2,(H,10,11). The Bertz CT molecular complexity index is 269. The molecule has 1 N–H and O–H groups in total. The van der Waals surface area contributed by atoms with Crippen molar-refractivity contribution in [2.75, 3.05) is 13.2 Å². The van der Waals surface area contributed by atoms with Gasteiger partial charge in [0.05, 0.1) is 13.2 Å². The molecule has 0 unspecified atom stereocenters. The van der Waals surface area contributed by atoms with Crippen LogP contribution >= 0.6 is 0 Å². The van der Waals surface area contributed by atoms with Crippen molar-refractivity contribution in [2.24, 2.45) is 5.41 Å². The summed E-state index contributed by atoms with van der Waals surface area (Å²) in [5.41, 5.74) is 1.86. The van der Waals surface area contributed by atoms with E-state index >= 15 is 0 Å². The van der Waals surface area contributed by atoms with Gasteiger partial charge < -0.3 is 4.74 Å². The van der Waals surface area contributed by atoms with Gasteiger partial charge in [-0.15, -0.1) is 0 Å². The molecule has 2 aliphatic rings. The maximum Gasteiger partial charge on any atom is 0.0545 e. The lowest BCUT2D eigenvalue weighted by molar-refractivity contribution is -0.164. The third-order valence-electron chi connectivity index (χ3n) is 3.14. The van der Waals surface area contributed by atoms with E-state index in [4.69, 9.17) is 4.74 Å². The Morgan fingerprint density at radius 3 is 2.83 bits per heavy atom. The molecule has 1 aliphatic carbocycles. The molecule has 3 nitrogen and oxygen atoms in total. The summed E-state index contributed by atoms with van der Waals surface area (Å²) in [5, 5.41) is 6.99. The first-order chi connectivity index (χ1) is 5.88. The Balaban J connectivity index is 1.69. The number of nitrogens with zero attached hydrogens (tertiary/aromatic N) is 1. The molecule has 0 aromatic carbocycles. The van der Waals surface area contributed by atoms with Crippen molar-refractivity contribution in [1.82, 2.24) is 10.2 Å². The molecule has 1 saturated carbocycles. The van der Waals surface area contributed by atoms with E-state index in [0.29, 0.717) is 5.41 Å². The van der Waals surface area contributed by atoms with Gasteiger partial charge in [-0.25, -0.2) is 0 Å². The summed E-state index contributed by atoms with van der Waals surface area (Å²) in [4.78, 5) is 0. The van der Waals surface area contributed by atoms with Gasteiger partial charge in [-0.05, 0) is 18.9 Å². The van der Waals surface area contributed by atoms with Crippen molar-refractivity contribution in [3.63, 3.8) is 0 Å². The molecular formula is C9H12N2O. The van der Waals surface area contributed by atoms with Crippen LogP contribution in [0.3, 0.4) is 0 Å². The highest BCUT2D eigenvalue weighted by atomic mass is 16.5. The Labute approximate surface area is 71.1 Å². The number of nitrogens with one attached hydrogen (secondary N) is 1. The zero-order chi connectivity index (χ0) is 8.02. The van der Waals surface area contributed by atoms with E-state index in [1.807, 2.05) is 6.20 Å². The van der Waals surface area contributed by atoms with E-state index in [1.54, 1.807) is 0 Å². The fourth-order valence-corrected chi connectivity index (χ4v) is 2.33. The summed E-state index contributed by atoms with van der Waals surface area (Å²) in [7, 11) is 0. The van der Waals surface area contributed by atoms with E-state index in [-0.39, 0.29) is 0 Å². The smallest absolute Gasteiger partial charge is 0.0545 e. The molecule has 1 saturated heterocycles. The summed E-state index contributed by atoms with van der Waals surface area (Å²) in [6.45, 7) is 1.97. The molecule has 64 valence electrons. The molecule has 2 heterocycles. The molecular weight excluding hydrogens is 152 g/mol. The van der Waals surface area contributed by atoms with Crippen molar-refractivity contribution in [1.29, 1.82) is 0 Å². The van der Waals surface area contributed by atoms with Crippen LogP contribution in [-0.4, -0.2) is 23.4 Å². The van der Waals surface area contributed by atoms with Crippen LogP contribution in [-0.2, 0) is 4.74 Å². The van der Waals surface area contributed by atoms with E-state index in [9.17, 15) is 0 Å². The first-order valence-electron chi connectivity index (χ1n) is 4.45. The topological polar surface area (TPSA) is 37.9 Å². The minimum Gasteiger partial charge on any atom is -0.380 e. The van der Waals surface area contributed by atoms with Crippen molar-refractivity contribution >= 4 is 0 Å². The molecule has 1 aromatic heterocycles. The normalized spacial score (nSPS) is 26.7. The zero-order valence-electron chi connectivity index (χ0n) is 6.92. The van der Waals surface area contributed by atoms with Gasteiger partial charge in [-0.3, -0.25) is 5.10 Å². The third-order valence-corrected chi connectivity index (χ3v) is 3.14. The van der Waals surface area contributed by atoms with E-state index in [1.165, 1.54) is 18.5 Å². The summed E-state index contributed by atoms with van der Waals surface area (Å²) in [5.74, 6) is 0.719. The minimum atomic E-state index is 0.565. The molecule has 12 heavy (non-hydrogen) atoms. The Morgan fingerprint density at radius 1 is 1.50 bits per heavy atom. The van der Waals surface area contributed by atoms with Crippen LogP contribution in [0.25, 0.3) is 0 Å². The second-order valence-corrected chi connectivity index (χ2v) is 4.11. The second kappa shape index (κ2) is 2.10. The average molecular weight is 164 g/mol. The zero-order valence-corrected chi connectivity index (χ0v) is 6.92. The SMILES string of the molecule is c1cc(C2CC3(COC3)C2)[nH]n1. The quantitative estimate of drug-likeness (QED) is 0.679. The summed E-state index contributed by atoms with van der Waals surface area (Å²) >= 11 is 0. The van der Waals surface area contributed by atoms with Crippen LogP contribution in [0.4, 0.5) is 0 Å². The van der Waals surface area contributed by atoms with E-state index in [0.717, 1.165) is 19.1 Å². The predicted molar refractivity (Wildman–Crippen MR) is 43.8 cm³/mol. The number of hydrogen-bond acceptors (Lipinski definition) is 2. The van der Waals surface area contributed by atoms with Crippen LogP contribution in [0.5, 0.6) is 0 Å². The van der Waals surface area contributed by atoms with E-state index < -0.39 is 0 Å². The molecule has 1 aliphatic heterocycles. The van der Waals surface area contributed by atoms with Crippen molar-refractivity contribution in [2.45, 2.75) is 18.8 Å². The average Bonchev–Trinajstić information content (AvgIpc) is 2.32. The van der Waals surface area contributed by atoms with Gasteiger partial charge in [0, 0.05) is 23.2 Å². The summed E-state index contributed by atoms with van der Waals surface area (Å²) in [6.07, 6.45) is 4.40. The van der Waals surface area contributed by atoms with Crippen LogP contribution < -0.4 is 0 Å². The molecule has 0 bridgehead atoms. The number of ether oxygens (including phenoxy) is 1. The maximum absolute atomic E-state index is 5.22. The largest absolute Gasteiger partial charge is 0.380 e. The number of rotatable bonds is 1. The van der Waals surface area contributed by atoms with Crippen molar-refractivity contribution in [3.8, 4) is 0 Å². The molecule has 0 amide bonds. The summed E-state index contributed by atoms with van der Waals surface area (Å²) in [6, 6.07) is 2.08. The minimum absolute atomic E-state index is 0.565. The highest BCUT2D eigenvalue weighted by Gasteiger charge is 2.50. The van der Waals surface area contributed by atoms with Gasteiger partial charge in [-0.1, -0.05) is 0 Å².